The van der Waals surface area contributed by atoms with Gasteiger partial charge in [-0.1, -0.05) is 56.3 Å². The lowest BCUT2D eigenvalue weighted by atomic mass is 10.0. The number of amides is 1. The molecular formula is C18H21NO2. The van der Waals surface area contributed by atoms with Crippen molar-refractivity contribution >= 4 is 5.91 Å². The third-order valence-corrected chi connectivity index (χ3v) is 3.50. The van der Waals surface area contributed by atoms with Crippen molar-refractivity contribution in [3.8, 4) is 11.1 Å². The molecule has 21 heavy (non-hydrogen) atoms. The maximum atomic E-state index is 12.0. The molecule has 0 saturated carbocycles. The molecule has 1 atom stereocenters. The summed E-state index contributed by atoms with van der Waals surface area (Å²) in [4.78, 5) is 12.0. The fraction of sp³-hybridized carbons (Fsp3) is 0.278. The molecule has 3 heteroatoms. The lowest BCUT2D eigenvalue weighted by molar-refractivity contribution is 0.0871. The van der Waals surface area contributed by atoms with Crippen molar-refractivity contribution in [1.82, 2.24) is 5.32 Å². The van der Waals surface area contributed by atoms with E-state index < -0.39 is 6.10 Å². The maximum Gasteiger partial charge on any atom is 0.251 e. The first-order valence-corrected chi connectivity index (χ1v) is 7.19. The Bertz CT molecular complexity index is 576. The first kappa shape index (κ1) is 15.3. The van der Waals surface area contributed by atoms with Gasteiger partial charge in [0.15, 0.2) is 0 Å². The summed E-state index contributed by atoms with van der Waals surface area (Å²) in [5, 5.41) is 12.5. The molecule has 2 N–H and O–H groups in total. The first-order valence-electron chi connectivity index (χ1n) is 7.19. The highest BCUT2D eigenvalue weighted by Gasteiger charge is 2.11. The van der Waals surface area contributed by atoms with E-state index in [0.717, 1.165) is 11.1 Å². The molecule has 2 aromatic carbocycles. The molecule has 0 radical (unpaired) electrons. The molecule has 0 fully saturated rings. The van der Waals surface area contributed by atoms with Crippen molar-refractivity contribution in [3.05, 3.63) is 60.2 Å². The van der Waals surface area contributed by atoms with E-state index in [9.17, 15) is 9.90 Å². The quantitative estimate of drug-likeness (QED) is 0.886. The second kappa shape index (κ2) is 7.04. The van der Waals surface area contributed by atoms with Crippen molar-refractivity contribution in [2.24, 2.45) is 5.92 Å². The van der Waals surface area contributed by atoms with Crippen LogP contribution in [0.15, 0.2) is 54.6 Å². The Morgan fingerprint density at radius 2 is 1.57 bits per heavy atom. The van der Waals surface area contributed by atoms with Gasteiger partial charge in [0.1, 0.15) is 0 Å². The molecular weight excluding hydrogens is 262 g/mol. The lowest BCUT2D eigenvalue weighted by Gasteiger charge is -2.15. The number of hydrogen-bond donors (Lipinski definition) is 2. The number of rotatable bonds is 5. The Kier molecular flexibility index (Phi) is 5.12. The summed E-state index contributed by atoms with van der Waals surface area (Å²) < 4.78 is 0. The van der Waals surface area contributed by atoms with E-state index in [2.05, 4.69) is 5.32 Å². The van der Waals surface area contributed by atoms with E-state index in [1.54, 1.807) is 12.1 Å². The van der Waals surface area contributed by atoms with Gasteiger partial charge in [-0.25, -0.2) is 0 Å². The first-order chi connectivity index (χ1) is 10.1. The van der Waals surface area contributed by atoms with Gasteiger partial charge >= 0.3 is 0 Å². The van der Waals surface area contributed by atoms with Crippen LogP contribution in [-0.2, 0) is 0 Å². The summed E-state index contributed by atoms with van der Waals surface area (Å²) in [5.74, 6) is -0.0277. The SMILES string of the molecule is CC(C)C(O)CNC(=O)c1ccc(-c2ccccc2)cc1. The number of nitrogens with one attached hydrogen (secondary N) is 1. The Hall–Kier alpha value is -2.13. The highest BCUT2D eigenvalue weighted by atomic mass is 16.3. The zero-order valence-corrected chi connectivity index (χ0v) is 12.4. The second-order valence-corrected chi connectivity index (χ2v) is 5.46. The monoisotopic (exact) mass is 283 g/mol. The smallest absolute Gasteiger partial charge is 0.251 e. The van der Waals surface area contributed by atoms with Crippen molar-refractivity contribution in [1.29, 1.82) is 0 Å². The highest BCUT2D eigenvalue weighted by Crippen LogP contribution is 2.19. The molecule has 0 heterocycles. The molecule has 0 aromatic heterocycles. The minimum Gasteiger partial charge on any atom is -0.391 e. The van der Waals surface area contributed by atoms with Crippen LogP contribution in [0.5, 0.6) is 0 Å². The fourth-order valence-electron chi connectivity index (χ4n) is 1.98. The molecule has 2 aromatic rings. The Morgan fingerprint density at radius 1 is 1.00 bits per heavy atom. The van der Waals surface area contributed by atoms with Gasteiger partial charge in [0.2, 0.25) is 0 Å². The summed E-state index contributed by atoms with van der Waals surface area (Å²) >= 11 is 0. The average molecular weight is 283 g/mol. The molecule has 3 nitrogen and oxygen atoms in total. The van der Waals surface area contributed by atoms with Crippen LogP contribution in [0.2, 0.25) is 0 Å². The van der Waals surface area contributed by atoms with Crippen LogP contribution < -0.4 is 5.32 Å². The van der Waals surface area contributed by atoms with Crippen LogP contribution in [0, 0.1) is 5.92 Å². The second-order valence-electron chi connectivity index (χ2n) is 5.46. The van der Waals surface area contributed by atoms with Crippen LogP contribution in [0.25, 0.3) is 11.1 Å². The minimum atomic E-state index is -0.516. The third kappa shape index (κ3) is 4.17. The zero-order valence-electron chi connectivity index (χ0n) is 12.4. The van der Waals surface area contributed by atoms with Gasteiger partial charge in [-0.2, -0.15) is 0 Å². The van der Waals surface area contributed by atoms with Crippen LogP contribution in [0.3, 0.4) is 0 Å². The molecule has 110 valence electrons. The Labute approximate surface area is 125 Å². The largest absolute Gasteiger partial charge is 0.391 e. The molecule has 0 bridgehead atoms. The van der Waals surface area contributed by atoms with Crippen molar-refractivity contribution in [2.75, 3.05) is 6.54 Å². The number of carbonyl (C=O) groups excluding carboxylic acids is 1. The van der Waals surface area contributed by atoms with Crippen molar-refractivity contribution < 1.29 is 9.90 Å². The molecule has 0 aliphatic carbocycles. The lowest BCUT2D eigenvalue weighted by Crippen LogP contribution is -2.34. The van der Waals surface area contributed by atoms with E-state index >= 15 is 0 Å². The molecule has 0 saturated heterocycles. The van der Waals surface area contributed by atoms with E-state index in [0.29, 0.717) is 5.56 Å². The summed E-state index contributed by atoms with van der Waals surface area (Å²) in [6.45, 7) is 4.12. The molecule has 0 aliphatic heterocycles. The zero-order chi connectivity index (χ0) is 15.2. The number of hydrogen-bond acceptors (Lipinski definition) is 2. The molecule has 2 rings (SSSR count). The van der Waals surface area contributed by atoms with Gasteiger partial charge in [0.25, 0.3) is 5.91 Å². The summed E-state index contributed by atoms with van der Waals surface area (Å²) in [7, 11) is 0. The summed E-state index contributed by atoms with van der Waals surface area (Å²) in [6, 6.07) is 17.5. The van der Waals surface area contributed by atoms with Crippen molar-refractivity contribution in [3.63, 3.8) is 0 Å². The van der Waals surface area contributed by atoms with Crippen LogP contribution in [-0.4, -0.2) is 23.7 Å². The summed E-state index contributed by atoms with van der Waals surface area (Å²) in [5.41, 5.74) is 2.81. The average Bonchev–Trinajstić information content (AvgIpc) is 2.53. The molecule has 0 spiro atoms. The fourth-order valence-corrected chi connectivity index (χ4v) is 1.98. The van der Waals surface area contributed by atoms with E-state index in [-0.39, 0.29) is 18.4 Å². The van der Waals surface area contributed by atoms with E-state index in [4.69, 9.17) is 0 Å². The Balaban J connectivity index is 2.00. The van der Waals surface area contributed by atoms with E-state index in [1.807, 2.05) is 56.3 Å². The van der Waals surface area contributed by atoms with Gasteiger partial charge in [0.05, 0.1) is 6.10 Å². The molecule has 1 amide bonds. The number of benzene rings is 2. The van der Waals surface area contributed by atoms with Crippen molar-refractivity contribution in [2.45, 2.75) is 20.0 Å². The number of aliphatic hydroxyl groups excluding tert-OH is 1. The normalized spacial score (nSPS) is 12.2. The number of aliphatic hydroxyl groups is 1. The highest BCUT2D eigenvalue weighted by molar-refractivity contribution is 5.94. The molecule has 1 unspecified atom stereocenters. The predicted molar refractivity (Wildman–Crippen MR) is 85.1 cm³/mol. The third-order valence-electron chi connectivity index (χ3n) is 3.50. The molecule has 0 aliphatic rings. The number of carbonyl (C=O) groups is 1. The van der Waals surface area contributed by atoms with Crippen LogP contribution >= 0.6 is 0 Å². The van der Waals surface area contributed by atoms with Crippen LogP contribution in [0.4, 0.5) is 0 Å². The standard InChI is InChI=1S/C18H21NO2/c1-13(2)17(20)12-19-18(21)16-10-8-15(9-11-16)14-6-4-3-5-7-14/h3-11,13,17,20H,12H2,1-2H3,(H,19,21). The van der Waals surface area contributed by atoms with Gasteiger partial charge in [-0.15, -0.1) is 0 Å². The van der Waals surface area contributed by atoms with Gasteiger partial charge in [-0.05, 0) is 29.2 Å². The van der Waals surface area contributed by atoms with Crippen LogP contribution in [0.1, 0.15) is 24.2 Å². The maximum absolute atomic E-state index is 12.0. The van der Waals surface area contributed by atoms with Gasteiger partial charge in [0, 0.05) is 12.1 Å². The minimum absolute atomic E-state index is 0.130. The topological polar surface area (TPSA) is 49.3 Å². The predicted octanol–water partition coefficient (Wildman–Crippen LogP) is 3.10. The van der Waals surface area contributed by atoms with E-state index in [1.165, 1.54) is 0 Å². The van der Waals surface area contributed by atoms with Gasteiger partial charge < -0.3 is 10.4 Å². The summed E-state index contributed by atoms with van der Waals surface area (Å²) in [6.07, 6.45) is -0.516. The Morgan fingerprint density at radius 3 is 2.14 bits per heavy atom. The van der Waals surface area contributed by atoms with Gasteiger partial charge in [-0.3, -0.25) is 4.79 Å².